The van der Waals surface area contributed by atoms with Gasteiger partial charge in [0.1, 0.15) is 5.01 Å². The fraction of sp³-hybridized carbons (Fsp3) is 0.526. The van der Waals surface area contributed by atoms with E-state index in [0.717, 1.165) is 29.8 Å². The van der Waals surface area contributed by atoms with Gasteiger partial charge in [-0.15, -0.1) is 11.3 Å². The Morgan fingerprint density at radius 2 is 2.15 bits per heavy atom. The van der Waals surface area contributed by atoms with E-state index in [0.29, 0.717) is 11.6 Å². The fourth-order valence-corrected chi connectivity index (χ4v) is 4.71. The van der Waals surface area contributed by atoms with Gasteiger partial charge in [-0.1, -0.05) is 19.8 Å². The lowest BCUT2D eigenvalue weighted by atomic mass is 9.86. The Kier molecular flexibility index (Phi) is 6.43. The normalized spacial score (nSPS) is 21.2. The molecule has 5 nitrogen and oxygen atoms in total. The first-order valence-electron chi connectivity index (χ1n) is 8.99. The smallest absolute Gasteiger partial charge is 0.312 e. The molecule has 0 bridgehead atoms. The van der Waals surface area contributed by atoms with E-state index in [4.69, 9.17) is 4.74 Å². The zero-order valence-corrected chi connectivity index (χ0v) is 16.7. The van der Waals surface area contributed by atoms with Gasteiger partial charge in [0.25, 0.3) is 5.91 Å². The third-order valence-electron chi connectivity index (χ3n) is 4.76. The number of ether oxygens (including phenoxy) is 1. The molecular weight excluding hydrogens is 368 g/mol. The van der Waals surface area contributed by atoms with Crippen LogP contribution in [0.3, 0.4) is 0 Å². The highest BCUT2D eigenvalue weighted by molar-refractivity contribution is 7.14. The molecule has 2 heterocycles. The molecule has 1 saturated carbocycles. The Hall–Kier alpha value is -1.73. The minimum atomic E-state index is -0.786. The first kappa shape index (κ1) is 19.0. The van der Waals surface area contributed by atoms with E-state index in [9.17, 15) is 9.59 Å². The van der Waals surface area contributed by atoms with Crippen molar-refractivity contribution in [3.63, 3.8) is 0 Å². The number of thiazole rings is 1. The van der Waals surface area contributed by atoms with Gasteiger partial charge in [-0.3, -0.25) is 9.59 Å². The largest absolute Gasteiger partial charge is 0.452 e. The summed E-state index contributed by atoms with van der Waals surface area (Å²) in [7, 11) is 0. The maximum atomic E-state index is 12.3. The Morgan fingerprint density at radius 1 is 1.35 bits per heavy atom. The van der Waals surface area contributed by atoms with E-state index in [1.807, 2.05) is 22.2 Å². The number of hydrogen-bond donors (Lipinski definition) is 1. The second kappa shape index (κ2) is 8.77. The first-order chi connectivity index (χ1) is 12.5. The number of hydrogen-bond acceptors (Lipinski definition) is 6. The van der Waals surface area contributed by atoms with Crippen LogP contribution in [0.4, 0.5) is 0 Å². The molecule has 0 radical (unpaired) electrons. The molecule has 1 fully saturated rings. The van der Waals surface area contributed by atoms with Gasteiger partial charge in [0.2, 0.25) is 0 Å². The second-order valence-electron chi connectivity index (χ2n) is 6.84. The predicted octanol–water partition coefficient (Wildman–Crippen LogP) is 4.04. The summed E-state index contributed by atoms with van der Waals surface area (Å²) in [5, 5.41) is 9.82. The van der Waals surface area contributed by atoms with Crippen LogP contribution in [0.15, 0.2) is 22.2 Å². The molecule has 1 aliphatic rings. The standard InChI is InChI=1S/C19H24N2O3S2/c1-12-5-3-4-6-16(12)21-18(23)13(2)24-17(22)9-15-11-26-19(20-15)14-7-8-25-10-14/h7-8,10-13,16H,3-6,9H2,1-2H3,(H,21,23)/t12-,13+,16+/m0/s1. The molecule has 1 aliphatic carbocycles. The highest BCUT2D eigenvalue weighted by atomic mass is 32.1. The van der Waals surface area contributed by atoms with E-state index in [1.165, 1.54) is 17.8 Å². The zero-order valence-electron chi connectivity index (χ0n) is 15.1. The Morgan fingerprint density at radius 3 is 2.88 bits per heavy atom. The molecular formula is C19H24N2O3S2. The number of carbonyl (C=O) groups is 2. The quantitative estimate of drug-likeness (QED) is 0.753. The summed E-state index contributed by atoms with van der Waals surface area (Å²) in [5.74, 6) is -0.165. The summed E-state index contributed by atoms with van der Waals surface area (Å²) in [6.45, 7) is 3.78. The van der Waals surface area contributed by atoms with Crippen molar-refractivity contribution in [3.8, 4) is 10.6 Å². The van der Waals surface area contributed by atoms with E-state index < -0.39 is 12.1 Å². The van der Waals surface area contributed by atoms with Crippen molar-refractivity contribution in [1.29, 1.82) is 0 Å². The lowest BCUT2D eigenvalue weighted by molar-refractivity contribution is -0.154. The van der Waals surface area contributed by atoms with Gasteiger partial charge in [-0.2, -0.15) is 11.3 Å². The maximum Gasteiger partial charge on any atom is 0.312 e. The number of thiophene rings is 1. The van der Waals surface area contributed by atoms with Crippen molar-refractivity contribution in [2.24, 2.45) is 5.92 Å². The summed E-state index contributed by atoms with van der Waals surface area (Å²) in [6.07, 6.45) is 3.79. The van der Waals surface area contributed by atoms with Crippen LogP contribution in [0.1, 0.15) is 45.2 Å². The SMILES string of the molecule is C[C@@H](OC(=O)Cc1csc(-c2ccsc2)n1)C(=O)N[C@@H]1CCCC[C@@H]1C. The highest BCUT2D eigenvalue weighted by Crippen LogP contribution is 2.26. The summed E-state index contributed by atoms with van der Waals surface area (Å²) >= 11 is 3.12. The first-order valence-corrected chi connectivity index (χ1v) is 10.8. The van der Waals surface area contributed by atoms with Gasteiger partial charge in [-0.05, 0) is 37.1 Å². The fourth-order valence-electron chi connectivity index (χ4n) is 3.18. The van der Waals surface area contributed by atoms with Gasteiger partial charge in [0, 0.05) is 22.4 Å². The molecule has 1 N–H and O–H groups in total. The van der Waals surface area contributed by atoms with Gasteiger partial charge in [0.15, 0.2) is 6.10 Å². The molecule has 3 rings (SSSR count). The second-order valence-corrected chi connectivity index (χ2v) is 8.48. The topological polar surface area (TPSA) is 68.3 Å². The Labute approximate surface area is 161 Å². The van der Waals surface area contributed by atoms with E-state index >= 15 is 0 Å². The molecule has 2 aromatic rings. The molecule has 140 valence electrons. The van der Waals surface area contributed by atoms with Crippen LogP contribution in [-0.2, 0) is 20.7 Å². The van der Waals surface area contributed by atoms with Crippen LogP contribution >= 0.6 is 22.7 Å². The Bertz CT molecular complexity index is 742. The Balaban J connectivity index is 1.48. The van der Waals surface area contributed by atoms with Crippen LogP contribution in [0, 0.1) is 5.92 Å². The molecule has 0 aromatic carbocycles. The molecule has 26 heavy (non-hydrogen) atoms. The zero-order chi connectivity index (χ0) is 18.5. The molecule has 3 atom stereocenters. The number of carbonyl (C=O) groups excluding carboxylic acids is 2. The number of nitrogens with one attached hydrogen (secondary N) is 1. The molecule has 1 amide bonds. The molecule has 0 unspecified atom stereocenters. The van der Waals surface area contributed by atoms with Crippen LogP contribution in [0.25, 0.3) is 10.6 Å². The minimum Gasteiger partial charge on any atom is -0.452 e. The average molecular weight is 393 g/mol. The number of nitrogens with zero attached hydrogens (tertiary/aromatic N) is 1. The third-order valence-corrected chi connectivity index (χ3v) is 6.39. The van der Waals surface area contributed by atoms with Gasteiger partial charge in [-0.25, -0.2) is 4.98 Å². The highest BCUT2D eigenvalue weighted by Gasteiger charge is 2.26. The van der Waals surface area contributed by atoms with E-state index in [1.54, 1.807) is 18.3 Å². The molecule has 0 aliphatic heterocycles. The van der Waals surface area contributed by atoms with Gasteiger partial charge < -0.3 is 10.1 Å². The number of aromatic nitrogens is 1. The van der Waals surface area contributed by atoms with Crippen LogP contribution in [0.5, 0.6) is 0 Å². The van der Waals surface area contributed by atoms with Gasteiger partial charge in [0.05, 0.1) is 12.1 Å². The van der Waals surface area contributed by atoms with Crippen LogP contribution < -0.4 is 5.32 Å². The van der Waals surface area contributed by atoms with E-state index in [-0.39, 0.29) is 18.4 Å². The van der Waals surface area contributed by atoms with Crippen molar-refractivity contribution >= 4 is 34.6 Å². The van der Waals surface area contributed by atoms with Crippen LogP contribution in [0.2, 0.25) is 0 Å². The monoisotopic (exact) mass is 392 g/mol. The van der Waals surface area contributed by atoms with E-state index in [2.05, 4.69) is 17.2 Å². The average Bonchev–Trinajstić information content (AvgIpc) is 3.28. The summed E-state index contributed by atoms with van der Waals surface area (Å²) in [6, 6.07) is 2.19. The predicted molar refractivity (Wildman–Crippen MR) is 104 cm³/mol. The minimum absolute atomic E-state index is 0.0814. The van der Waals surface area contributed by atoms with Gasteiger partial charge >= 0.3 is 5.97 Å². The lowest BCUT2D eigenvalue weighted by Crippen LogP contribution is -2.46. The molecule has 2 aromatic heterocycles. The van der Waals surface area contributed by atoms with Crippen molar-refractivity contribution < 1.29 is 14.3 Å². The summed E-state index contributed by atoms with van der Waals surface area (Å²) in [4.78, 5) is 28.9. The van der Waals surface area contributed by atoms with Crippen molar-refractivity contribution in [1.82, 2.24) is 10.3 Å². The van der Waals surface area contributed by atoms with Crippen LogP contribution in [-0.4, -0.2) is 29.0 Å². The third kappa shape index (κ3) is 4.92. The van der Waals surface area contributed by atoms with Crippen molar-refractivity contribution in [3.05, 3.63) is 27.9 Å². The number of rotatable bonds is 6. The summed E-state index contributed by atoms with van der Waals surface area (Å²) in [5.41, 5.74) is 1.74. The number of amides is 1. The summed E-state index contributed by atoms with van der Waals surface area (Å²) < 4.78 is 5.31. The maximum absolute atomic E-state index is 12.3. The van der Waals surface area contributed by atoms with Crippen molar-refractivity contribution in [2.45, 2.75) is 58.1 Å². The van der Waals surface area contributed by atoms with Crippen molar-refractivity contribution in [2.75, 3.05) is 0 Å². The number of esters is 1. The molecule has 0 spiro atoms. The molecule has 7 heteroatoms. The molecule has 0 saturated heterocycles. The lowest BCUT2D eigenvalue weighted by Gasteiger charge is -2.30.